The Morgan fingerprint density at radius 3 is 2.64 bits per heavy atom. The van der Waals surface area contributed by atoms with Crippen molar-refractivity contribution in [3.63, 3.8) is 0 Å². The molecular weight excluding hydrogens is 406 g/mol. The maximum absolute atomic E-state index is 9.63. The molecule has 1 aromatic heterocycles. The molecule has 2 aliphatic rings. The number of hydrogen-bond acceptors (Lipinski definition) is 3. The minimum atomic E-state index is 0.256. The van der Waals surface area contributed by atoms with Crippen molar-refractivity contribution in [2.24, 2.45) is 0 Å². The highest BCUT2D eigenvalue weighted by Gasteiger charge is 2.24. The molecule has 3 aromatic rings. The Morgan fingerprint density at radius 1 is 1.03 bits per heavy atom. The topological polar surface area (TPSA) is 42.5 Å². The molecule has 1 atom stereocenters. The van der Waals surface area contributed by atoms with Crippen LogP contribution in [0.15, 0.2) is 48.5 Å². The molecule has 33 heavy (non-hydrogen) atoms. The number of benzene rings is 2. The van der Waals surface area contributed by atoms with Gasteiger partial charge in [0, 0.05) is 48.3 Å². The Labute approximate surface area is 197 Å². The van der Waals surface area contributed by atoms with Crippen molar-refractivity contribution < 1.29 is 5.11 Å². The molecule has 2 aromatic carbocycles. The van der Waals surface area contributed by atoms with E-state index in [0.29, 0.717) is 12.1 Å². The molecule has 2 aliphatic heterocycles. The summed E-state index contributed by atoms with van der Waals surface area (Å²) in [4.78, 5) is 8.53. The summed E-state index contributed by atoms with van der Waals surface area (Å²) in [5, 5.41) is 10.9. The predicted octanol–water partition coefficient (Wildman–Crippen LogP) is 5.60. The number of aryl methyl sites for hydroxylation is 1. The van der Waals surface area contributed by atoms with Crippen LogP contribution in [0.1, 0.15) is 49.9 Å². The Kier molecular flexibility index (Phi) is 6.42. The fourth-order valence-electron chi connectivity index (χ4n) is 5.54. The average Bonchev–Trinajstić information content (AvgIpc) is 3.44. The highest BCUT2D eigenvalue weighted by Crippen LogP contribution is 2.31. The van der Waals surface area contributed by atoms with Gasteiger partial charge in [-0.15, -0.1) is 0 Å². The number of fused-ring (bicyclic) bond motifs is 1. The first-order valence-corrected chi connectivity index (χ1v) is 12.5. The summed E-state index contributed by atoms with van der Waals surface area (Å²) in [5.41, 5.74) is 9.14. The monoisotopic (exact) mass is 443 g/mol. The van der Waals surface area contributed by atoms with Gasteiger partial charge in [0.2, 0.25) is 0 Å². The normalized spacial score (nSPS) is 20.2. The van der Waals surface area contributed by atoms with Crippen molar-refractivity contribution in [2.45, 2.75) is 58.7 Å². The van der Waals surface area contributed by atoms with Gasteiger partial charge in [-0.1, -0.05) is 24.3 Å². The first-order valence-electron chi connectivity index (χ1n) is 12.5. The average molecular weight is 444 g/mol. The van der Waals surface area contributed by atoms with Gasteiger partial charge in [0.25, 0.3) is 0 Å². The first-order chi connectivity index (χ1) is 16.0. The van der Waals surface area contributed by atoms with Gasteiger partial charge < -0.3 is 10.1 Å². The summed E-state index contributed by atoms with van der Waals surface area (Å²) in [6, 6.07) is 17.0. The number of nitrogens with one attached hydrogen (secondary N) is 1. The lowest BCUT2D eigenvalue weighted by atomic mass is 9.93. The van der Waals surface area contributed by atoms with Gasteiger partial charge in [-0.05, 0) is 98.7 Å². The van der Waals surface area contributed by atoms with Gasteiger partial charge in [0.15, 0.2) is 0 Å². The molecular formula is C29H37N3O. The van der Waals surface area contributed by atoms with E-state index in [9.17, 15) is 5.11 Å². The van der Waals surface area contributed by atoms with Crippen LogP contribution in [0.2, 0.25) is 0 Å². The molecule has 0 saturated carbocycles. The molecule has 4 heteroatoms. The maximum Gasteiger partial charge on any atom is 0.0587 e. The van der Waals surface area contributed by atoms with E-state index in [4.69, 9.17) is 0 Å². The molecule has 0 amide bonds. The van der Waals surface area contributed by atoms with E-state index in [1.165, 1.54) is 50.8 Å². The second-order valence-electron chi connectivity index (χ2n) is 10.2. The molecule has 2 N–H and O–H groups in total. The Morgan fingerprint density at radius 2 is 1.88 bits per heavy atom. The molecule has 0 unspecified atom stereocenters. The number of H-pyrrole nitrogens is 1. The molecule has 5 rings (SSSR count). The van der Waals surface area contributed by atoms with Crippen molar-refractivity contribution in [3.8, 4) is 11.1 Å². The summed E-state index contributed by atoms with van der Waals surface area (Å²) >= 11 is 0. The quantitative estimate of drug-likeness (QED) is 0.521. The zero-order chi connectivity index (χ0) is 22.9. The summed E-state index contributed by atoms with van der Waals surface area (Å²) < 4.78 is 0. The lowest BCUT2D eigenvalue weighted by Gasteiger charge is -2.30. The van der Waals surface area contributed by atoms with Crippen molar-refractivity contribution in [1.29, 1.82) is 0 Å². The second-order valence-corrected chi connectivity index (χ2v) is 10.2. The number of aliphatic hydroxyl groups is 1. The number of aromatic amines is 1. The van der Waals surface area contributed by atoms with Crippen LogP contribution in [0.4, 0.5) is 0 Å². The van der Waals surface area contributed by atoms with Gasteiger partial charge in [-0.25, -0.2) is 0 Å². The Bertz CT molecular complexity index is 1160. The molecule has 0 aliphatic carbocycles. The van der Waals surface area contributed by atoms with E-state index in [2.05, 4.69) is 84.1 Å². The van der Waals surface area contributed by atoms with Gasteiger partial charge in [-0.3, -0.25) is 9.80 Å². The highest BCUT2D eigenvalue weighted by molar-refractivity contribution is 5.86. The molecule has 4 nitrogen and oxygen atoms in total. The van der Waals surface area contributed by atoms with Crippen LogP contribution in [-0.4, -0.2) is 58.2 Å². The van der Waals surface area contributed by atoms with Crippen LogP contribution < -0.4 is 0 Å². The number of rotatable bonds is 6. The van der Waals surface area contributed by atoms with Crippen molar-refractivity contribution in [1.82, 2.24) is 14.8 Å². The van der Waals surface area contributed by atoms with Crippen LogP contribution in [0.3, 0.4) is 0 Å². The number of aliphatic hydroxyl groups excluding tert-OH is 1. The van der Waals surface area contributed by atoms with Gasteiger partial charge in [-0.2, -0.15) is 0 Å². The minimum absolute atomic E-state index is 0.256. The van der Waals surface area contributed by atoms with E-state index in [1.807, 2.05) is 0 Å². The molecule has 0 spiro atoms. The SMILES string of the molecule is Cc1cc(C2=CCN(C(C)C)CC2)cc(-c2ccc3[nH]c(CN4CCC[C@@H]4CO)cc3c2)c1. The lowest BCUT2D eigenvalue weighted by Crippen LogP contribution is -2.34. The molecule has 1 saturated heterocycles. The molecule has 0 bridgehead atoms. The third-order valence-electron chi connectivity index (χ3n) is 7.51. The minimum Gasteiger partial charge on any atom is -0.395 e. The fourth-order valence-corrected chi connectivity index (χ4v) is 5.54. The van der Waals surface area contributed by atoms with Crippen LogP contribution in [0.5, 0.6) is 0 Å². The Balaban J connectivity index is 1.40. The first kappa shape index (κ1) is 22.4. The van der Waals surface area contributed by atoms with Gasteiger partial charge in [0.1, 0.15) is 0 Å². The summed E-state index contributed by atoms with van der Waals surface area (Å²) in [5.74, 6) is 0. The fraction of sp³-hybridized carbons (Fsp3) is 0.448. The molecule has 174 valence electrons. The van der Waals surface area contributed by atoms with Crippen LogP contribution in [0, 0.1) is 6.92 Å². The predicted molar refractivity (Wildman–Crippen MR) is 138 cm³/mol. The smallest absolute Gasteiger partial charge is 0.0587 e. The van der Waals surface area contributed by atoms with E-state index in [-0.39, 0.29) is 6.61 Å². The van der Waals surface area contributed by atoms with Crippen molar-refractivity contribution >= 4 is 16.5 Å². The summed E-state index contributed by atoms with van der Waals surface area (Å²) in [6.07, 6.45) is 5.81. The van der Waals surface area contributed by atoms with Crippen molar-refractivity contribution in [3.05, 3.63) is 65.4 Å². The third kappa shape index (κ3) is 4.79. The molecule has 3 heterocycles. The summed E-state index contributed by atoms with van der Waals surface area (Å²) in [7, 11) is 0. The molecule has 1 fully saturated rings. The second kappa shape index (κ2) is 9.46. The van der Waals surface area contributed by atoms with E-state index in [0.717, 1.165) is 39.0 Å². The third-order valence-corrected chi connectivity index (χ3v) is 7.51. The maximum atomic E-state index is 9.63. The van der Waals surface area contributed by atoms with E-state index in [1.54, 1.807) is 0 Å². The standard InChI is InChI=1S/C29H37N3O/c1-20(2)31-11-8-22(9-12-31)24-13-21(3)14-25(16-24)23-6-7-29-26(15-23)17-27(30-29)18-32-10-4-5-28(32)19-33/h6-8,13-17,20,28,30,33H,4-5,9-12,18-19H2,1-3H3/t28-/m1/s1. The Hall–Kier alpha value is -2.40. The van der Waals surface area contributed by atoms with E-state index >= 15 is 0 Å². The number of hydrogen-bond donors (Lipinski definition) is 2. The number of aromatic nitrogens is 1. The highest BCUT2D eigenvalue weighted by atomic mass is 16.3. The number of likely N-dealkylation sites (tertiary alicyclic amines) is 1. The van der Waals surface area contributed by atoms with Gasteiger partial charge in [0.05, 0.1) is 6.61 Å². The zero-order valence-electron chi connectivity index (χ0n) is 20.3. The van der Waals surface area contributed by atoms with Crippen molar-refractivity contribution in [2.75, 3.05) is 26.2 Å². The van der Waals surface area contributed by atoms with Gasteiger partial charge >= 0.3 is 0 Å². The van der Waals surface area contributed by atoms with Crippen LogP contribution >= 0.6 is 0 Å². The van der Waals surface area contributed by atoms with E-state index < -0.39 is 0 Å². The summed E-state index contributed by atoms with van der Waals surface area (Å²) in [6.45, 7) is 11.2. The lowest BCUT2D eigenvalue weighted by molar-refractivity contribution is 0.152. The molecule has 0 radical (unpaired) electrons. The number of nitrogens with zero attached hydrogens (tertiary/aromatic N) is 2. The van der Waals surface area contributed by atoms with Crippen LogP contribution in [0.25, 0.3) is 27.6 Å². The largest absolute Gasteiger partial charge is 0.395 e. The van der Waals surface area contributed by atoms with Crippen LogP contribution in [-0.2, 0) is 6.54 Å². The zero-order valence-corrected chi connectivity index (χ0v) is 20.3.